The van der Waals surface area contributed by atoms with E-state index in [4.69, 9.17) is 10.00 Å². The topological polar surface area (TPSA) is 111 Å². The highest BCUT2D eigenvalue weighted by Crippen LogP contribution is 2.33. The third-order valence-corrected chi connectivity index (χ3v) is 3.86. The molecule has 1 fully saturated rings. The number of nitrogens with one attached hydrogen (secondary N) is 2. The molecule has 0 saturated carbocycles. The zero-order chi connectivity index (χ0) is 17.1. The molecule has 1 saturated heterocycles. The quantitative estimate of drug-likeness (QED) is 0.879. The summed E-state index contributed by atoms with van der Waals surface area (Å²) >= 11 is 0. The maximum atomic E-state index is 12.4. The predicted molar refractivity (Wildman–Crippen MR) is 85.4 cm³/mol. The molecule has 1 aliphatic rings. The Bertz CT molecular complexity index is 823. The Morgan fingerprint density at radius 3 is 3.04 bits per heavy atom. The molecule has 2 N–H and O–H groups in total. The second kappa shape index (κ2) is 6.42. The van der Waals surface area contributed by atoms with Crippen LogP contribution >= 0.6 is 0 Å². The van der Waals surface area contributed by atoms with Crippen molar-refractivity contribution >= 4 is 23.3 Å². The first kappa shape index (κ1) is 15.6. The average molecular weight is 325 g/mol. The molecule has 0 aliphatic carbocycles. The van der Waals surface area contributed by atoms with Crippen LogP contribution in [0.3, 0.4) is 0 Å². The summed E-state index contributed by atoms with van der Waals surface area (Å²) < 4.78 is 5.27. The van der Waals surface area contributed by atoms with E-state index < -0.39 is 5.92 Å². The molecule has 2 aromatic rings. The molecule has 1 aliphatic heterocycles. The number of nitrogens with zero attached hydrogens (tertiary/aromatic N) is 3. The van der Waals surface area contributed by atoms with E-state index in [9.17, 15) is 9.59 Å². The molecule has 1 unspecified atom stereocenters. The number of ether oxygens (including phenoxy) is 1. The van der Waals surface area contributed by atoms with E-state index in [1.807, 2.05) is 12.1 Å². The SMILES string of the molecule is COc1ccccc1N1CC(C(=O)Nc2nc[nH]c2C#N)CC1=O. The van der Waals surface area contributed by atoms with Gasteiger partial charge in [0.25, 0.3) is 0 Å². The third kappa shape index (κ3) is 2.79. The van der Waals surface area contributed by atoms with Gasteiger partial charge < -0.3 is 19.9 Å². The lowest BCUT2D eigenvalue weighted by atomic mass is 10.1. The van der Waals surface area contributed by atoms with Crippen molar-refractivity contribution in [3.8, 4) is 11.8 Å². The minimum absolute atomic E-state index is 0.0934. The first-order valence-corrected chi connectivity index (χ1v) is 7.31. The van der Waals surface area contributed by atoms with Gasteiger partial charge in [-0.1, -0.05) is 12.1 Å². The fourth-order valence-electron chi connectivity index (χ4n) is 2.66. The number of hydrogen-bond acceptors (Lipinski definition) is 5. The highest BCUT2D eigenvalue weighted by molar-refractivity contribution is 6.04. The van der Waals surface area contributed by atoms with Crippen molar-refractivity contribution in [1.82, 2.24) is 9.97 Å². The zero-order valence-corrected chi connectivity index (χ0v) is 12.9. The number of anilines is 2. The van der Waals surface area contributed by atoms with Crippen LogP contribution in [0.4, 0.5) is 11.5 Å². The first-order chi connectivity index (χ1) is 11.6. The standard InChI is InChI=1S/C16H15N5O3/c1-24-13-5-3-2-4-12(13)21-8-10(6-14(21)22)16(23)20-15-11(7-17)18-9-19-15/h2-5,9-10H,6,8H2,1H3,(H,18,19)(H,20,23). The van der Waals surface area contributed by atoms with Crippen molar-refractivity contribution in [3.05, 3.63) is 36.3 Å². The van der Waals surface area contributed by atoms with Crippen LogP contribution in [0.1, 0.15) is 12.1 Å². The number of hydrogen-bond donors (Lipinski definition) is 2. The number of carbonyl (C=O) groups is 2. The molecule has 3 rings (SSSR count). The lowest BCUT2D eigenvalue weighted by Gasteiger charge is -2.19. The number of rotatable bonds is 4. The maximum absolute atomic E-state index is 12.4. The Morgan fingerprint density at radius 2 is 2.29 bits per heavy atom. The normalized spacial score (nSPS) is 16.8. The lowest BCUT2D eigenvalue weighted by molar-refractivity contribution is -0.122. The Hall–Kier alpha value is -3.34. The van der Waals surface area contributed by atoms with Crippen LogP contribution in [0, 0.1) is 17.2 Å². The predicted octanol–water partition coefficient (Wildman–Crippen LogP) is 1.28. The van der Waals surface area contributed by atoms with Gasteiger partial charge >= 0.3 is 0 Å². The Balaban J connectivity index is 1.75. The summed E-state index contributed by atoms with van der Waals surface area (Å²) in [4.78, 5) is 32.7. The molecule has 0 bridgehead atoms. The van der Waals surface area contributed by atoms with E-state index in [-0.39, 0.29) is 36.3 Å². The lowest BCUT2D eigenvalue weighted by Crippen LogP contribution is -2.28. The second-order valence-corrected chi connectivity index (χ2v) is 5.30. The van der Waals surface area contributed by atoms with Crippen LogP contribution in [-0.2, 0) is 9.59 Å². The molecule has 2 heterocycles. The van der Waals surface area contributed by atoms with E-state index in [0.717, 1.165) is 0 Å². The Morgan fingerprint density at radius 1 is 1.50 bits per heavy atom. The molecule has 122 valence electrons. The van der Waals surface area contributed by atoms with Gasteiger partial charge in [-0.25, -0.2) is 4.98 Å². The summed E-state index contributed by atoms with van der Waals surface area (Å²) in [5.41, 5.74) is 0.812. The van der Waals surface area contributed by atoms with Crippen molar-refractivity contribution < 1.29 is 14.3 Å². The van der Waals surface area contributed by atoms with Crippen LogP contribution in [0.5, 0.6) is 5.75 Å². The first-order valence-electron chi connectivity index (χ1n) is 7.31. The molecule has 1 aromatic carbocycles. The van der Waals surface area contributed by atoms with E-state index in [1.165, 1.54) is 13.4 Å². The summed E-state index contributed by atoms with van der Waals surface area (Å²) in [5, 5.41) is 11.5. The van der Waals surface area contributed by atoms with Crippen molar-refractivity contribution in [3.63, 3.8) is 0 Å². The van der Waals surface area contributed by atoms with Gasteiger partial charge in [-0.05, 0) is 12.1 Å². The summed E-state index contributed by atoms with van der Waals surface area (Å²) in [7, 11) is 1.53. The van der Waals surface area contributed by atoms with E-state index >= 15 is 0 Å². The van der Waals surface area contributed by atoms with Crippen molar-refractivity contribution in [2.45, 2.75) is 6.42 Å². The van der Waals surface area contributed by atoms with E-state index in [2.05, 4.69) is 15.3 Å². The van der Waals surface area contributed by atoms with Crippen LogP contribution < -0.4 is 15.0 Å². The third-order valence-electron chi connectivity index (χ3n) is 3.86. The maximum Gasteiger partial charge on any atom is 0.231 e. The summed E-state index contributed by atoms with van der Waals surface area (Å²) in [6, 6.07) is 9.06. The minimum atomic E-state index is -0.523. The summed E-state index contributed by atoms with van der Waals surface area (Å²) in [6.45, 7) is 0.247. The van der Waals surface area contributed by atoms with Gasteiger partial charge in [0.1, 0.15) is 11.8 Å². The Labute approximate surface area is 138 Å². The highest BCUT2D eigenvalue weighted by Gasteiger charge is 2.36. The van der Waals surface area contributed by atoms with Gasteiger partial charge in [-0.3, -0.25) is 9.59 Å². The molecule has 0 radical (unpaired) electrons. The number of H-pyrrole nitrogens is 1. The van der Waals surface area contributed by atoms with Gasteiger partial charge in [0, 0.05) is 13.0 Å². The van der Waals surface area contributed by atoms with Crippen LogP contribution in [0.25, 0.3) is 0 Å². The number of aromatic nitrogens is 2. The molecule has 8 heteroatoms. The van der Waals surface area contributed by atoms with E-state index in [0.29, 0.717) is 11.4 Å². The summed E-state index contributed by atoms with van der Waals surface area (Å²) in [5.74, 6) is -0.270. The van der Waals surface area contributed by atoms with Crippen LogP contribution in [0.2, 0.25) is 0 Å². The Kier molecular flexibility index (Phi) is 4.16. The van der Waals surface area contributed by atoms with E-state index in [1.54, 1.807) is 23.1 Å². The number of benzene rings is 1. The average Bonchev–Trinajstić information content (AvgIpc) is 3.21. The number of aromatic amines is 1. The van der Waals surface area contributed by atoms with Crippen molar-refractivity contribution in [1.29, 1.82) is 5.26 Å². The minimum Gasteiger partial charge on any atom is -0.495 e. The smallest absolute Gasteiger partial charge is 0.231 e. The number of carbonyl (C=O) groups excluding carboxylic acids is 2. The number of nitriles is 1. The monoisotopic (exact) mass is 325 g/mol. The molecule has 24 heavy (non-hydrogen) atoms. The number of imidazole rings is 1. The molecule has 2 amide bonds. The fraction of sp³-hybridized carbons (Fsp3) is 0.250. The zero-order valence-electron chi connectivity index (χ0n) is 12.9. The van der Waals surface area contributed by atoms with Gasteiger partial charge in [0.15, 0.2) is 11.5 Å². The van der Waals surface area contributed by atoms with Gasteiger partial charge in [0.05, 0.1) is 25.0 Å². The summed E-state index contributed by atoms with van der Waals surface area (Å²) in [6.07, 6.45) is 1.42. The van der Waals surface area contributed by atoms with Gasteiger partial charge in [0.2, 0.25) is 11.8 Å². The molecule has 1 aromatic heterocycles. The number of methoxy groups -OCH3 is 1. The fourth-order valence-corrected chi connectivity index (χ4v) is 2.66. The van der Waals surface area contributed by atoms with Gasteiger partial charge in [-0.15, -0.1) is 0 Å². The second-order valence-electron chi connectivity index (χ2n) is 5.30. The highest BCUT2D eigenvalue weighted by atomic mass is 16.5. The molecule has 8 nitrogen and oxygen atoms in total. The largest absolute Gasteiger partial charge is 0.495 e. The van der Waals surface area contributed by atoms with Crippen LogP contribution in [-0.4, -0.2) is 35.4 Å². The molecular weight excluding hydrogens is 310 g/mol. The molecule has 1 atom stereocenters. The molecular formula is C16H15N5O3. The number of amides is 2. The van der Waals surface area contributed by atoms with Crippen molar-refractivity contribution in [2.75, 3.05) is 23.9 Å². The van der Waals surface area contributed by atoms with Crippen molar-refractivity contribution in [2.24, 2.45) is 5.92 Å². The molecule has 0 spiro atoms. The van der Waals surface area contributed by atoms with Gasteiger partial charge in [-0.2, -0.15) is 5.26 Å². The number of para-hydroxylation sites is 2. The van der Waals surface area contributed by atoms with Crippen LogP contribution in [0.15, 0.2) is 30.6 Å².